The highest BCUT2D eigenvalue weighted by Gasteiger charge is 1.99. The SMILES string of the molecule is COc1cncc(OC(C)=O)c1. The summed E-state index contributed by atoms with van der Waals surface area (Å²) in [5.41, 5.74) is 0. The molecule has 0 aliphatic rings. The van der Waals surface area contributed by atoms with Crippen LogP contribution in [0.3, 0.4) is 0 Å². The average Bonchev–Trinajstić information content (AvgIpc) is 2.03. The first-order valence-electron chi connectivity index (χ1n) is 3.40. The third-order valence-corrected chi connectivity index (χ3v) is 1.19. The molecule has 0 atom stereocenters. The standard InChI is InChI=1S/C8H9NO3/c1-6(10)12-8-3-7(11-2)4-9-5-8/h3-5H,1-2H3. The summed E-state index contributed by atoms with van der Waals surface area (Å²) in [4.78, 5) is 14.3. The Labute approximate surface area is 70.1 Å². The molecule has 0 saturated carbocycles. The second kappa shape index (κ2) is 3.71. The van der Waals surface area contributed by atoms with Crippen molar-refractivity contribution in [1.29, 1.82) is 0 Å². The van der Waals surface area contributed by atoms with Crippen molar-refractivity contribution >= 4 is 5.97 Å². The van der Waals surface area contributed by atoms with Crippen molar-refractivity contribution in [2.45, 2.75) is 6.92 Å². The Balaban J connectivity index is 2.79. The van der Waals surface area contributed by atoms with Gasteiger partial charge in [0.15, 0.2) is 5.75 Å². The number of carbonyl (C=O) groups is 1. The number of pyridine rings is 1. The van der Waals surface area contributed by atoms with Crippen LogP contribution in [-0.2, 0) is 4.79 Å². The summed E-state index contributed by atoms with van der Waals surface area (Å²) in [6, 6.07) is 1.59. The molecule has 0 radical (unpaired) electrons. The van der Waals surface area contributed by atoms with E-state index in [4.69, 9.17) is 9.47 Å². The first-order chi connectivity index (χ1) is 5.72. The van der Waals surface area contributed by atoms with E-state index in [9.17, 15) is 4.79 Å². The summed E-state index contributed by atoms with van der Waals surface area (Å²) in [5, 5.41) is 0. The molecular formula is C8H9NO3. The maximum absolute atomic E-state index is 10.5. The number of aromatic nitrogens is 1. The lowest BCUT2D eigenvalue weighted by Gasteiger charge is -2.02. The van der Waals surface area contributed by atoms with Gasteiger partial charge in [0.2, 0.25) is 0 Å². The van der Waals surface area contributed by atoms with E-state index in [0.717, 1.165) is 0 Å². The van der Waals surface area contributed by atoms with Crippen LogP contribution in [0, 0.1) is 0 Å². The van der Waals surface area contributed by atoms with Crippen LogP contribution in [-0.4, -0.2) is 18.1 Å². The van der Waals surface area contributed by atoms with Gasteiger partial charge in [-0.25, -0.2) is 0 Å². The Bertz CT molecular complexity index is 285. The number of esters is 1. The van der Waals surface area contributed by atoms with Gasteiger partial charge < -0.3 is 9.47 Å². The van der Waals surface area contributed by atoms with Crippen LogP contribution in [0.4, 0.5) is 0 Å². The average molecular weight is 167 g/mol. The van der Waals surface area contributed by atoms with Gasteiger partial charge in [0.1, 0.15) is 5.75 Å². The Morgan fingerprint density at radius 2 is 2.08 bits per heavy atom. The molecule has 0 aliphatic carbocycles. The minimum Gasteiger partial charge on any atom is -0.495 e. The molecule has 0 fully saturated rings. The van der Waals surface area contributed by atoms with Crippen molar-refractivity contribution in [3.8, 4) is 11.5 Å². The molecule has 1 rings (SSSR count). The Morgan fingerprint density at radius 1 is 1.42 bits per heavy atom. The molecule has 0 amide bonds. The minimum atomic E-state index is -0.370. The number of methoxy groups -OCH3 is 1. The molecule has 1 aromatic heterocycles. The van der Waals surface area contributed by atoms with Gasteiger partial charge in [-0.2, -0.15) is 0 Å². The highest BCUT2D eigenvalue weighted by molar-refractivity contribution is 5.69. The second-order valence-corrected chi connectivity index (χ2v) is 2.15. The third-order valence-electron chi connectivity index (χ3n) is 1.19. The molecule has 1 aromatic rings. The molecule has 0 N–H and O–H groups in total. The zero-order valence-electron chi connectivity index (χ0n) is 6.90. The van der Waals surface area contributed by atoms with Crippen molar-refractivity contribution in [2.24, 2.45) is 0 Å². The van der Waals surface area contributed by atoms with E-state index in [1.807, 2.05) is 0 Å². The molecule has 0 aliphatic heterocycles. The number of hydrogen-bond donors (Lipinski definition) is 0. The molecular weight excluding hydrogens is 158 g/mol. The Morgan fingerprint density at radius 3 is 2.67 bits per heavy atom. The van der Waals surface area contributed by atoms with Gasteiger partial charge in [0, 0.05) is 13.0 Å². The van der Waals surface area contributed by atoms with Crippen LogP contribution in [0.25, 0.3) is 0 Å². The van der Waals surface area contributed by atoms with Gasteiger partial charge in [-0.15, -0.1) is 0 Å². The Hall–Kier alpha value is -1.58. The van der Waals surface area contributed by atoms with E-state index in [-0.39, 0.29) is 5.97 Å². The van der Waals surface area contributed by atoms with E-state index < -0.39 is 0 Å². The molecule has 0 spiro atoms. The lowest BCUT2D eigenvalue weighted by atomic mass is 10.4. The summed E-state index contributed by atoms with van der Waals surface area (Å²) in [7, 11) is 1.52. The van der Waals surface area contributed by atoms with Gasteiger partial charge in [-0.1, -0.05) is 0 Å². The summed E-state index contributed by atoms with van der Waals surface area (Å²) >= 11 is 0. The zero-order chi connectivity index (χ0) is 8.97. The molecule has 64 valence electrons. The molecule has 4 nitrogen and oxygen atoms in total. The molecule has 1 heterocycles. The van der Waals surface area contributed by atoms with E-state index in [2.05, 4.69) is 4.98 Å². The maximum atomic E-state index is 10.5. The first-order valence-corrected chi connectivity index (χ1v) is 3.40. The molecule has 12 heavy (non-hydrogen) atoms. The molecule has 0 aromatic carbocycles. The molecule has 0 unspecified atom stereocenters. The van der Waals surface area contributed by atoms with Gasteiger partial charge in [-0.05, 0) is 0 Å². The van der Waals surface area contributed by atoms with Crippen molar-refractivity contribution in [3.63, 3.8) is 0 Å². The van der Waals surface area contributed by atoms with Gasteiger partial charge in [0.05, 0.1) is 19.5 Å². The monoisotopic (exact) mass is 167 g/mol. The molecule has 4 heteroatoms. The number of nitrogens with zero attached hydrogens (tertiary/aromatic N) is 1. The Kier molecular flexibility index (Phi) is 2.63. The predicted octanol–water partition coefficient (Wildman–Crippen LogP) is 1.02. The van der Waals surface area contributed by atoms with Crippen LogP contribution in [0.5, 0.6) is 11.5 Å². The van der Waals surface area contributed by atoms with Gasteiger partial charge >= 0.3 is 5.97 Å². The van der Waals surface area contributed by atoms with Crippen molar-refractivity contribution in [1.82, 2.24) is 4.98 Å². The normalized spacial score (nSPS) is 9.17. The van der Waals surface area contributed by atoms with Crippen molar-refractivity contribution in [2.75, 3.05) is 7.11 Å². The number of hydrogen-bond acceptors (Lipinski definition) is 4. The summed E-state index contributed by atoms with van der Waals surface area (Å²) in [6.45, 7) is 1.33. The zero-order valence-corrected chi connectivity index (χ0v) is 6.90. The second-order valence-electron chi connectivity index (χ2n) is 2.15. The lowest BCUT2D eigenvalue weighted by molar-refractivity contribution is -0.131. The van der Waals surface area contributed by atoms with Crippen LogP contribution in [0.1, 0.15) is 6.92 Å². The molecule has 0 saturated heterocycles. The summed E-state index contributed by atoms with van der Waals surface area (Å²) < 4.78 is 9.66. The molecule has 0 bridgehead atoms. The summed E-state index contributed by atoms with van der Waals surface area (Å²) in [5.74, 6) is 0.584. The summed E-state index contributed by atoms with van der Waals surface area (Å²) in [6.07, 6.45) is 2.98. The highest BCUT2D eigenvalue weighted by atomic mass is 16.5. The number of rotatable bonds is 2. The predicted molar refractivity (Wildman–Crippen MR) is 42.1 cm³/mol. The van der Waals surface area contributed by atoms with Crippen LogP contribution >= 0.6 is 0 Å². The van der Waals surface area contributed by atoms with E-state index in [1.54, 1.807) is 6.07 Å². The van der Waals surface area contributed by atoms with Crippen LogP contribution < -0.4 is 9.47 Å². The van der Waals surface area contributed by atoms with Gasteiger partial charge in [-0.3, -0.25) is 9.78 Å². The van der Waals surface area contributed by atoms with E-state index in [0.29, 0.717) is 11.5 Å². The van der Waals surface area contributed by atoms with Crippen LogP contribution in [0.15, 0.2) is 18.5 Å². The quantitative estimate of drug-likeness (QED) is 0.617. The smallest absolute Gasteiger partial charge is 0.308 e. The lowest BCUT2D eigenvalue weighted by Crippen LogP contribution is -2.01. The first kappa shape index (κ1) is 8.52. The highest BCUT2D eigenvalue weighted by Crippen LogP contribution is 2.16. The maximum Gasteiger partial charge on any atom is 0.308 e. The number of carbonyl (C=O) groups excluding carboxylic acids is 1. The largest absolute Gasteiger partial charge is 0.495 e. The van der Waals surface area contributed by atoms with Crippen molar-refractivity contribution < 1.29 is 14.3 Å². The van der Waals surface area contributed by atoms with Crippen LogP contribution in [0.2, 0.25) is 0 Å². The minimum absolute atomic E-state index is 0.370. The topological polar surface area (TPSA) is 48.4 Å². The van der Waals surface area contributed by atoms with Gasteiger partial charge in [0.25, 0.3) is 0 Å². The van der Waals surface area contributed by atoms with E-state index in [1.165, 1.54) is 26.4 Å². The third kappa shape index (κ3) is 2.23. The fraction of sp³-hybridized carbons (Fsp3) is 0.250. The number of ether oxygens (including phenoxy) is 2. The van der Waals surface area contributed by atoms with E-state index >= 15 is 0 Å². The van der Waals surface area contributed by atoms with Crippen molar-refractivity contribution in [3.05, 3.63) is 18.5 Å². The fourth-order valence-corrected chi connectivity index (χ4v) is 0.732. The fourth-order valence-electron chi connectivity index (χ4n) is 0.732.